The summed E-state index contributed by atoms with van der Waals surface area (Å²) in [4.78, 5) is 38.7. The van der Waals surface area contributed by atoms with Gasteiger partial charge in [0.15, 0.2) is 11.6 Å². The molecule has 1 fully saturated rings. The molecule has 1 aromatic carbocycles. The molecule has 0 bridgehead atoms. The van der Waals surface area contributed by atoms with Crippen molar-refractivity contribution in [3.8, 4) is 0 Å². The van der Waals surface area contributed by atoms with Gasteiger partial charge in [-0.1, -0.05) is 0 Å². The summed E-state index contributed by atoms with van der Waals surface area (Å²) in [5.74, 6) is -3.71. The highest BCUT2D eigenvalue weighted by molar-refractivity contribution is 7.89. The molecular formula is C20H27F2N3O6S. The predicted octanol–water partition coefficient (Wildman–Crippen LogP) is 0.893. The number of carbonyl (C=O) groups is 3. The third-order valence-electron chi connectivity index (χ3n) is 5.10. The number of likely N-dealkylation sites (N-methyl/N-ethyl adjacent to an activating group) is 1. The molecule has 12 heteroatoms. The summed E-state index contributed by atoms with van der Waals surface area (Å²) in [6, 6.07) is 2.16. The molecule has 1 aliphatic rings. The van der Waals surface area contributed by atoms with Gasteiger partial charge >= 0.3 is 5.97 Å². The van der Waals surface area contributed by atoms with Crippen LogP contribution in [0.25, 0.3) is 0 Å². The van der Waals surface area contributed by atoms with Crippen molar-refractivity contribution in [2.75, 3.05) is 39.8 Å². The van der Waals surface area contributed by atoms with Gasteiger partial charge < -0.3 is 14.5 Å². The Balaban J connectivity index is 1.77. The maximum Gasteiger partial charge on any atom is 0.309 e. The van der Waals surface area contributed by atoms with Gasteiger partial charge in [0.2, 0.25) is 21.8 Å². The molecule has 1 aromatic rings. The number of esters is 1. The first-order valence-corrected chi connectivity index (χ1v) is 11.7. The van der Waals surface area contributed by atoms with E-state index in [2.05, 4.69) is 4.72 Å². The van der Waals surface area contributed by atoms with Crippen LogP contribution in [0.2, 0.25) is 0 Å². The van der Waals surface area contributed by atoms with E-state index in [4.69, 9.17) is 4.74 Å². The first-order chi connectivity index (χ1) is 15.0. The minimum absolute atomic E-state index is 0.182. The van der Waals surface area contributed by atoms with E-state index >= 15 is 0 Å². The Labute approximate surface area is 185 Å². The van der Waals surface area contributed by atoms with E-state index in [9.17, 15) is 31.6 Å². The van der Waals surface area contributed by atoms with Gasteiger partial charge in [-0.2, -0.15) is 0 Å². The maximum atomic E-state index is 13.2. The maximum absolute atomic E-state index is 13.2. The Hall–Kier alpha value is -2.60. The Morgan fingerprint density at radius 2 is 1.84 bits per heavy atom. The lowest BCUT2D eigenvalue weighted by molar-refractivity contribution is -0.151. The van der Waals surface area contributed by atoms with Crippen LogP contribution in [0, 0.1) is 17.6 Å². The summed E-state index contributed by atoms with van der Waals surface area (Å²) >= 11 is 0. The highest BCUT2D eigenvalue weighted by Gasteiger charge is 2.29. The normalized spacial score (nSPS) is 14.8. The molecule has 9 nitrogen and oxygen atoms in total. The van der Waals surface area contributed by atoms with Crippen molar-refractivity contribution in [2.24, 2.45) is 5.92 Å². The van der Waals surface area contributed by atoms with E-state index in [0.717, 1.165) is 6.07 Å². The molecule has 32 heavy (non-hydrogen) atoms. The second kappa shape index (κ2) is 11.3. The number of carbonyl (C=O) groups excluding carboxylic acids is 3. The van der Waals surface area contributed by atoms with Gasteiger partial charge in [0, 0.05) is 33.1 Å². The molecule has 1 heterocycles. The predicted molar refractivity (Wildman–Crippen MR) is 110 cm³/mol. The van der Waals surface area contributed by atoms with Gasteiger partial charge in [-0.25, -0.2) is 21.9 Å². The SMILES string of the molecule is CCOC(=O)C1CCN(C(=O)CN(C)C(=O)CCNS(=O)(=O)c2ccc(F)c(F)c2)CC1. The third-order valence-corrected chi connectivity index (χ3v) is 6.56. The second-order valence-corrected chi connectivity index (χ2v) is 9.15. The summed E-state index contributed by atoms with van der Waals surface area (Å²) in [5.41, 5.74) is 0. The number of benzene rings is 1. The minimum Gasteiger partial charge on any atom is -0.466 e. The molecule has 0 aromatic heterocycles. The van der Waals surface area contributed by atoms with Gasteiger partial charge in [-0.05, 0) is 38.0 Å². The molecule has 1 saturated heterocycles. The van der Waals surface area contributed by atoms with E-state index in [1.807, 2.05) is 0 Å². The molecule has 0 spiro atoms. The molecule has 0 atom stereocenters. The van der Waals surface area contributed by atoms with E-state index in [-0.39, 0.29) is 37.3 Å². The first kappa shape index (κ1) is 25.7. The van der Waals surface area contributed by atoms with Crippen LogP contribution in [0.3, 0.4) is 0 Å². The smallest absolute Gasteiger partial charge is 0.309 e. The average Bonchev–Trinajstić information content (AvgIpc) is 2.75. The van der Waals surface area contributed by atoms with Crippen molar-refractivity contribution in [1.29, 1.82) is 0 Å². The monoisotopic (exact) mass is 475 g/mol. The average molecular weight is 476 g/mol. The molecule has 1 aliphatic heterocycles. The fraction of sp³-hybridized carbons (Fsp3) is 0.550. The summed E-state index contributed by atoms with van der Waals surface area (Å²) in [7, 11) is -2.69. The van der Waals surface area contributed by atoms with E-state index < -0.39 is 32.5 Å². The summed E-state index contributed by atoms with van der Waals surface area (Å²) in [5, 5.41) is 0. The molecule has 0 aliphatic carbocycles. The largest absolute Gasteiger partial charge is 0.466 e. The van der Waals surface area contributed by atoms with Crippen molar-refractivity contribution in [3.63, 3.8) is 0 Å². The van der Waals surface area contributed by atoms with Crippen LogP contribution in [0.15, 0.2) is 23.1 Å². The lowest BCUT2D eigenvalue weighted by Gasteiger charge is -2.32. The Morgan fingerprint density at radius 1 is 1.19 bits per heavy atom. The first-order valence-electron chi connectivity index (χ1n) is 10.2. The summed E-state index contributed by atoms with van der Waals surface area (Å²) in [6.45, 7) is 2.36. The molecule has 178 valence electrons. The fourth-order valence-corrected chi connectivity index (χ4v) is 4.27. The van der Waals surface area contributed by atoms with Gasteiger partial charge in [0.25, 0.3) is 0 Å². The van der Waals surface area contributed by atoms with Gasteiger partial charge in [0.05, 0.1) is 24.0 Å². The lowest BCUT2D eigenvalue weighted by Crippen LogP contribution is -2.46. The third kappa shape index (κ3) is 6.95. The molecule has 0 radical (unpaired) electrons. The van der Waals surface area contributed by atoms with Crippen LogP contribution in [0.1, 0.15) is 26.2 Å². The molecule has 0 unspecified atom stereocenters. The number of likely N-dealkylation sites (tertiary alicyclic amines) is 1. The van der Waals surface area contributed by atoms with Gasteiger partial charge in [-0.15, -0.1) is 0 Å². The Morgan fingerprint density at radius 3 is 2.44 bits per heavy atom. The van der Waals surface area contributed by atoms with Crippen molar-refractivity contribution in [1.82, 2.24) is 14.5 Å². The summed E-state index contributed by atoms with van der Waals surface area (Å²) < 4.78 is 57.6. The van der Waals surface area contributed by atoms with Crippen molar-refractivity contribution >= 4 is 27.8 Å². The van der Waals surface area contributed by atoms with Crippen LogP contribution in [-0.2, 0) is 29.1 Å². The molecule has 2 rings (SSSR count). The van der Waals surface area contributed by atoms with Crippen LogP contribution < -0.4 is 4.72 Å². The Bertz CT molecular complexity index is 949. The zero-order valence-corrected chi connectivity index (χ0v) is 18.8. The van der Waals surface area contributed by atoms with Crippen molar-refractivity contribution in [2.45, 2.75) is 31.1 Å². The van der Waals surface area contributed by atoms with Gasteiger partial charge in [-0.3, -0.25) is 14.4 Å². The number of sulfonamides is 1. The number of amides is 2. The lowest BCUT2D eigenvalue weighted by atomic mass is 9.97. The van der Waals surface area contributed by atoms with E-state index in [0.29, 0.717) is 44.7 Å². The molecule has 2 amide bonds. The number of nitrogens with one attached hydrogen (secondary N) is 1. The highest BCUT2D eigenvalue weighted by atomic mass is 32.2. The van der Waals surface area contributed by atoms with E-state index in [1.54, 1.807) is 11.8 Å². The van der Waals surface area contributed by atoms with Gasteiger partial charge in [0.1, 0.15) is 0 Å². The van der Waals surface area contributed by atoms with Crippen molar-refractivity contribution in [3.05, 3.63) is 29.8 Å². The van der Waals surface area contributed by atoms with Crippen LogP contribution in [0.4, 0.5) is 8.78 Å². The number of nitrogens with zero attached hydrogens (tertiary/aromatic N) is 2. The highest BCUT2D eigenvalue weighted by Crippen LogP contribution is 2.19. The number of hydrogen-bond donors (Lipinski definition) is 1. The standard InChI is InChI=1S/C20H27F2N3O6S/c1-3-31-20(28)14-7-10-25(11-8-14)19(27)13-24(2)18(26)6-9-23-32(29,30)15-4-5-16(21)17(22)12-15/h4-5,12,14,23H,3,6-11,13H2,1-2H3. The molecule has 0 saturated carbocycles. The fourth-order valence-electron chi connectivity index (χ4n) is 3.23. The number of ether oxygens (including phenoxy) is 1. The van der Waals surface area contributed by atoms with E-state index in [1.165, 1.54) is 11.9 Å². The number of piperidine rings is 1. The van der Waals surface area contributed by atoms with Crippen molar-refractivity contribution < 1.29 is 36.3 Å². The van der Waals surface area contributed by atoms with Crippen LogP contribution in [-0.4, -0.2) is 75.8 Å². The zero-order valence-electron chi connectivity index (χ0n) is 18.0. The quantitative estimate of drug-likeness (QED) is 0.531. The molecular weight excluding hydrogens is 448 g/mol. The van der Waals surface area contributed by atoms with Crippen LogP contribution >= 0.6 is 0 Å². The molecule has 1 N–H and O–H groups in total. The zero-order chi connectivity index (χ0) is 23.9. The number of hydrogen-bond acceptors (Lipinski definition) is 6. The Kier molecular flexibility index (Phi) is 9.08. The van der Waals surface area contributed by atoms with Crippen LogP contribution in [0.5, 0.6) is 0 Å². The number of halogens is 2. The minimum atomic E-state index is -4.12. The second-order valence-electron chi connectivity index (χ2n) is 7.38. The topological polar surface area (TPSA) is 113 Å². The summed E-state index contributed by atoms with van der Waals surface area (Å²) in [6.07, 6.45) is 0.763. The number of rotatable bonds is 9.